The Bertz CT molecular complexity index is 502. The molecule has 18 heavy (non-hydrogen) atoms. The molecule has 0 radical (unpaired) electrons. The van der Waals surface area contributed by atoms with Crippen LogP contribution in [-0.4, -0.2) is 30.8 Å². The highest BCUT2D eigenvalue weighted by atomic mass is 35.5. The highest BCUT2D eigenvalue weighted by Gasteiger charge is 2.19. The first-order valence-electron chi connectivity index (χ1n) is 5.15. The van der Waals surface area contributed by atoms with E-state index in [4.69, 9.17) is 16.3 Å². The average Bonchev–Trinajstić information content (AvgIpc) is 3.19. The largest absolute Gasteiger partial charge is 0.372 e. The van der Waals surface area contributed by atoms with Gasteiger partial charge in [0.05, 0.1) is 30.0 Å². The van der Waals surface area contributed by atoms with E-state index in [9.17, 15) is 9.59 Å². The van der Waals surface area contributed by atoms with Gasteiger partial charge in [-0.05, 0) is 24.6 Å². The molecule has 0 amide bonds. The van der Waals surface area contributed by atoms with E-state index in [1.54, 1.807) is 19.1 Å². The number of benzene rings is 1. The van der Waals surface area contributed by atoms with Gasteiger partial charge in [-0.2, -0.15) is 9.98 Å². The number of nitrogens with zero attached hydrogens (tertiary/aromatic N) is 2. The van der Waals surface area contributed by atoms with Crippen LogP contribution in [0, 0.1) is 6.92 Å². The summed E-state index contributed by atoms with van der Waals surface area (Å²) in [5, 5.41) is 0. The maximum absolute atomic E-state index is 10.00. The minimum Gasteiger partial charge on any atom is -0.372 e. The van der Waals surface area contributed by atoms with Gasteiger partial charge in [-0.25, -0.2) is 9.59 Å². The Hall–Kier alpha value is -1.77. The second-order valence-corrected chi connectivity index (χ2v) is 3.80. The molecule has 1 saturated heterocycles. The van der Waals surface area contributed by atoms with Crippen LogP contribution in [0.4, 0.5) is 11.4 Å². The Morgan fingerprint density at radius 2 is 2.06 bits per heavy atom. The van der Waals surface area contributed by atoms with Crippen molar-refractivity contribution < 1.29 is 14.3 Å². The smallest absolute Gasteiger partial charge is 0.240 e. The lowest BCUT2D eigenvalue weighted by molar-refractivity contribution is 0.425. The van der Waals surface area contributed by atoms with Gasteiger partial charge in [0.2, 0.25) is 12.2 Å². The summed E-state index contributed by atoms with van der Waals surface area (Å²) in [4.78, 5) is 26.8. The number of carbonyl (C=O) groups excluding carboxylic acids is 2. The molecule has 0 N–H and O–H groups in total. The number of ether oxygens (including phenoxy) is 1. The van der Waals surface area contributed by atoms with Crippen molar-refractivity contribution in [1.82, 2.24) is 0 Å². The molecule has 1 unspecified atom stereocenters. The fraction of sp³-hybridized carbons (Fsp3) is 0.333. The first-order valence-corrected chi connectivity index (χ1v) is 5.68. The Morgan fingerprint density at radius 3 is 2.50 bits per heavy atom. The molecule has 1 aliphatic heterocycles. The molecule has 1 fully saturated rings. The number of rotatable bonds is 3. The number of alkyl halides is 1. The summed E-state index contributed by atoms with van der Waals surface area (Å²) < 4.78 is 4.73. The van der Waals surface area contributed by atoms with Gasteiger partial charge in [0.1, 0.15) is 0 Å². The van der Waals surface area contributed by atoms with Gasteiger partial charge in [0, 0.05) is 0 Å². The summed E-state index contributed by atoms with van der Waals surface area (Å²) in [6.07, 6.45) is 3.24. The first kappa shape index (κ1) is 14.3. The van der Waals surface area contributed by atoms with Gasteiger partial charge >= 0.3 is 0 Å². The first-order chi connectivity index (χ1) is 8.71. The van der Waals surface area contributed by atoms with E-state index < -0.39 is 0 Å². The Kier molecular flexibility index (Phi) is 5.98. The van der Waals surface area contributed by atoms with E-state index in [2.05, 4.69) is 9.98 Å². The van der Waals surface area contributed by atoms with Crippen molar-refractivity contribution in [3.8, 4) is 0 Å². The molecule has 0 spiro atoms. The lowest BCUT2D eigenvalue weighted by Gasteiger charge is -1.97. The van der Waals surface area contributed by atoms with Crippen LogP contribution in [0.1, 0.15) is 5.56 Å². The summed E-state index contributed by atoms with van der Waals surface area (Å²) in [5.41, 5.74) is 1.72. The van der Waals surface area contributed by atoms with Crippen LogP contribution in [0.25, 0.3) is 0 Å². The van der Waals surface area contributed by atoms with Crippen molar-refractivity contribution in [2.24, 2.45) is 9.98 Å². The average molecular weight is 267 g/mol. The van der Waals surface area contributed by atoms with Crippen molar-refractivity contribution in [3.63, 3.8) is 0 Å². The lowest BCUT2D eigenvalue weighted by Crippen LogP contribution is -1.80. The minimum atomic E-state index is 0.400. The number of isocyanates is 2. The summed E-state index contributed by atoms with van der Waals surface area (Å²) in [6.45, 7) is 2.67. The topological polar surface area (TPSA) is 71.4 Å². The van der Waals surface area contributed by atoms with E-state index in [1.165, 1.54) is 18.2 Å². The molecular formula is C12H11ClN2O3. The second-order valence-electron chi connectivity index (χ2n) is 3.49. The van der Waals surface area contributed by atoms with E-state index >= 15 is 0 Å². The molecule has 1 heterocycles. The number of halogens is 1. The van der Waals surface area contributed by atoms with Crippen LogP contribution < -0.4 is 0 Å². The quantitative estimate of drug-likeness (QED) is 0.365. The standard InChI is InChI=1S/C9H6N2O2.C3H5ClO/c1-7-2-3-8(10-5-12)4-9(7)11-6-13;4-1-3-2-5-3/h2-4H,1H3;3H,1-2H2. The maximum atomic E-state index is 10.00. The second kappa shape index (κ2) is 7.54. The molecule has 2 rings (SSSR count). The fourth-order valence-electron chi connectivity index (χ4n) is 1.05. The number of hydrogen-bond donors (Lipinski definition) is 0. The molecule has 1 aliphatic rings. The normalized spacial score (nSPS) is 15.6. The van der Waals surface area contributed by atoms with Crippen molar-refractivity contribution in [2.45, 2.75) is 13.0 Å². The van der Waals surface area contributed by atoms with Gasteiger partial charge in [0.15, 0.2) is 0 Å². The maximum Gasteiger partial charge on any atom is 0.240 e. The number of aryl methyl sites for hydroxylation is 1. The molecule has 0 aliphatic carbocycles. The molecule has 5 nitrogen and oxygen atoms in total. The minimum absolute atomic E-state index is 0.400. The molecule has 1 aromatic carbocycles. The third-order valence-corrected chi connectivity index (χ3v) is 2.45. The van der Waals surface area contributed by atoms with Gasteiger partial charge in [-0.3, -0.25) is 0 Å². The van der Waals surface area contributed by atoms with Crippen LogP contribution in [0.2, 0.25) is 0 Å². The van der Waals surface area contributed by atoms with Crippen molar-refractivity contribution in [3.05, 3.63) is 23.8 Å². The zero-order valence-electron chi connectivity index (χ0n) is 9.72. The predicted octanol–water partition coefficient (Wildman–Crippen LogP) is 2.55. The van der Waals surface area contributed by atoms with Crippen molar-refractivity contribution >= 4 is 35.1 Å². The number of epoxide rings is 1. The lowest BCUT2D eigenvalue weighted by atomic mass is 10.2. The molecule has 0 saturated carbocycles. The van der Waals surface area contributed by atoms with E-state index in [0.717, 1.165) is 12.2 Å². The summed E-state index contributed by atoms with van der Waals surface area (Å²) in [6, 6.07) is 4.88. The monoisotopic (exact) mass is 266 g/mol. The molecule has 6 heteroatoms. The van der Waals surface area contributed by atoms with Crippen LogP contribution in [-0.2, 0) is 14.3 Å². The van der Waals surface area contributed by atoms with Crippen LogP contribution >= 0.6 is 11.6 Å². The van der Waals surface area contributed by atoms with Crippen molar-refractivity contribution in [2.75, 3.05) is 12.5 Å². The molecule has 94 valence electrons. The molecule has 1 aromatic rings. The Balaban J connectivity index is 0.000000269. The van der Waals surface area contributed by atoms with Crippen LogP contribution in [0.15, 0.2) is 28.2 Å². The third kappa shape index (κ3) is 5.04. The van der Waals surface area contributed by atoms with Crippen LogP contribution in [0.3, 0.4) is 0 Å². The highest BCUT2D eigenvalue weighted by Crippen LogP contribution is 2.23. The van der Waals surface area contributed by atoms with Gasteiger partial charge < -0.3 is 4.74 Å². The third-order valence-electron chi connectivity index (χ3n) is 2.11. The van der Waals surface area contributed by atoms with Gasteiger partial charge in [0.25, 0.3) is 0 Å². The highest BCUT2D eigenvalue weighted by molar-refractivity contribution is 6.18. The molecule has 1 atom stereocenters. The fourth-order valence-corrected chi connectivity index (χ4v) is 1.22. The van der Waals surface area contributed by atoms with Gasteiger partial charge in [-0.1, -0.05) is 6.07 Å². The molecular weight excluding hydrogens is 256 g/mol. The number of aliphatic imine (C=N–C) groups is 2. The van der Waals surface area contributed by atoms with Gasteiger partial charge in [-0.15, -0.1) is 11.6 Å². The Labute approximate surface area is 109 Å². The SMILES string of the molecule is Cc1ccc(N=C=O)cc1N=C=O.ClCC1CO1. The van der Waals surface area contributed by atoms with E-state index in [-0.39, 0.29) is 0 Å². The Morgan fingerprint density at radius 1 is 1.39 bits per heavy atom. The van der Waals surface area contributed by atoms with E-state index in [0.29, 0.717) is 23.4 Å². The number of hydrogen-bond acceptors (Lipinski definition) is 5. The van der Waals surface area contributed by atoms with Crippen LogP contribution in [0.5, 0.6) is 0 Å². The summed E-state index contributed by atoms with van der Waals surface area (Å²) >= 11 is 5.27. The molecule has 0 bridgehead atoms. The summed E-state index contributed by atoms with van der Waals surface area (Å²) in [7, 11) is 0. The predicted molar refractivity (Wildman–Crippen MR) is 67.2 cm³/mol. The zero-order valence-corrected chi connectivity index (χ0v) is 10.5. The van der Waals surface area contributed by atoms with E-state index in [1.807, 2.05) is 0 Å². The zero-order chi connectivity index (χ0) is 13.4. The summed E-state index contributed by atoms with van der Waals surface area (Å²) in [5.74, 6) is 0.667. The van der Waals surface area contributed by atoms with Crippen molar-refractivity contribution in [1.29, 1.82) is 0 Å². The molecule has 0 aromatic heterocycles.